The molecule has 2 aromatic rings. The Balaban J connectivity index is 2.25. The fraction of sp³-hybridized carbons (Fsp3) is 0.176. The number of nitrogens with zero attached hydrogens (tertiary/aromatic N) is 1. The molecule has 27 heavy (non-hydrogen) atoms. The number of carbonyl (C=O) groups is 1. The number of methoxy groups -OCH3 is 3. The molecule has 0 atom stereocenters. The van der Waals surface area contributed by atoms with Crippen LogP contribution in [-0.4, -0.2) is 37.3 Å². The number of rotatable bonds is 6. The number of esters is 1. The van der Waals surface area contributed by atoms with Gasteiger partial charge in [0.25, 0.3) is 5.69 Å². The van der Waals surface area contributed by atoms with Gasteiger partial charge in [-0.05, 0) is 24.4 Å². The van der Waals surface area contributed by atoms with Crippen molar-refractivity contribution in [2.45, 2.75) is 0 Å². The molecule has 0 unspecified atom stereocenters. The van der Waals surface area contributed by atoms with E-state index in [0.29, 0.717) is 22.9 Å². The number of ether oxygens (including phenoxy) is 3. The number of nitrogens with one attached hydrogen (secondary N) is 2. The first-order chi connectivity index (χ1) is 12.9. The molecule has 0 fully saturated rings. The Morgan fingerprint density at radius 1 is 1.04 bits per heavy atom. The molecule has 142 valence electrons. The highest BCUT2D eigenvalue weighted by atomic mass is 32.1. The number of hydrogen-bond acceptors (Lipinski definition) is 7. The van der Waals surface area contributed by atoms with Crippen molar-refractivity contribution < 1.29 is 23.9 Å². The number of benzene rings is 2. The Kier molecular flexibility index (Phi) is 6.50. The molecular formula is C17H17N3O6S. The van der Waals surface area contributed by atoms with Crippen molar-refractivity contribution >= 4 is 40.4 Å². The average molecular weight is 391 g/mol. The Hall–Kier alpha value is -3.40. The van der Waals surface area contributed by atoms with Crippen molar-refractivity contribution in [1.82, 2.24) is 0 Å². The fourth-order valence-electron chi connectivity index (χ4n) is 2.21. The minimum atomic E-state index is -0.586. The van der Waals surface area contributed by atoms with Crippen molar-refractivity contribution in [2.75, 3.05) is 32.0 Å². The zero-order valence-electron chi connectivity index (χ0n) is 14.8. The van der Waals surface area contributed by atoms with Crippen LogP contribution < -0.4 is 20.1 Å². The van der Waals surface area contributed by atoms with Gasteiger partial charge in [0, 0.05) is 30.0 Å². The van der Waals surface area contributed by atoms with Gasteiger partial charge in [-0.15, -0.1) is 0 Å². The maximum atomic E-state index is 12.1. The number of hydrogen-bond donors (Lipinski definition) is 2. The molecule has 0 aromatic heterocycles. The van der Waals surface area contributed by atoms with Gasteiger partial charge < -0.3 is 24.8 Å². The van der Waals surface area contributed by atoms with Crippen molar-refractivity contribution in [3.63, 3.8) is 0 Å². The maximum absolute atomic E-state index is 12.1. The van der Waals surface area contributed by atoms with Gasteiger partial charge in [0.05, 0.1) is 37.5 Å². The minimum Gasteiger partial charge on any atom is -0.493 e. The average Bonchev–Trinajstić information content (AvgIpc) is 2.67. The molecule has 0 saturated heterocycles. The molecule has 0 aliphatic rings. The van der Waals surface area contributed by atoms with E-state index < -0.39 is 10.9 Å². The van der Waals surface area contributed by atoms with Crippen molar-refractivity contribution in [3.8, 4) is 11.5 Å². The van der Waals surface area contributed by atoms with Crippen LogP contribution in [0.5, 0.6) is 11.5 Å². The molecule has 0 aliphatic carbocycles. The first kappa shape index (κ1) is 19.9. The summed E-state index contributed by atoms with van der Waals surface area (Å²) in [5.41, 5.74) is 1.05. The van der Waals surface area contributed by atoms with E-state index >= 15 is 0 Å². The Bertz CT molecular complexity index is 870. The number of nitro groups is 1. The van der Waals surface area contributed by atoms with Crippen LogP contribution in [0.2, 0.25) is 0 Å². The quantitative estimate of drug-likeness (QED) is 0.332. The number of non-ortho nitro benzene ring substituents is 1. The molecule has 0 bridgehead atoms. The fourth-order valence-corrected chi connectivity index (χ4v) is 2.44. The smallest absolute Gasteiger partial charge is 0.340 e. The summed E-state index contributed by atoms with van der Waals surface area (Å²) in [5.74, 6) is 0.167. The van der Waals surface area contributed by atoms with Crippen molar-refractivity contribution in [3.05, 3.63) is 52.1 Å². The van der Waals surface area contributed by atoms with Gasteiger partial charge in [-0.1, -0.05) is 0 Å². The molecule has 0 radical (unpaired) electrons. The molecule has 0 spiro atoms. The molecule has 0 amide bonds. The summed E-state index contributed by atoms with van der Waals surface area (Å²) in [4.78, 5) is 22.3. The summed E-state index contributed by atoms with van der Waals surface area (Å²) >= 11 is 5.25. The lowest BCUT2D eigenvalue weighted by Crippen LogP contribution is -2.21. The summed E-state index contributed by atoms with van der Waals surface area (Å²) in [7, 11) is 4.18. The summed E-state index contributed by atoms with van der Waals surface area (Å²) < 4.78 is 15.2. The predicted molar refractivity (Wildman–Crippen MR) is 104 cm³/mol. The van der Waals surface area contributed by atoms with Gasteiger partial charge in [-0.3, -0.25) is 10.1 Å². The van der Waals surface area contributed by atoms with Gasteiger partial charge in [0.1, 0.15) is 0 Å². The second kappa shape index (κ2) is 8.81. The molecule has 0 heterocycles. The lowest BCUT2D eigenvalue weighted by molar-refractivity contribution is -0.384. The molecular weight excluding hydrogens is 374 g/mol. The third-order valence-electron chi connectivity index (χ3n) is 3.51. The largest absolute Gasteiger partial charge is 0.493 e. The van der Waals surface area contributed by atoms with E-state index in [4.69, 9.17) is 26.4 Å². The zero-order valence-corrected chi connectivity index (χ0v) is 15.6. The summed E-state index contributed by atoms with van der Waals surface area (Å²) in [6, 6.07) is 8.75. The van der Waals surface area contributed by atoms with Crippen molar-refractivity contribution in [2.24, 2.45) is 0 Å². The van der Waals surface area contributed by atoms with E-state index in [1.165, 1.54) is 51.7 Å². The highest BCUT2D eigenvalue weighted by molar-refractivity contribution is 7.80. The molecule has 0 aliphatic heterocycles. The Labute approximate surface area is 160 Å². The number of thiocarbonyl (C=S) groups is 1. The first-order valence-electron chi connectivity index (χ1n) is 7.56. The molecule has 2 aromatic carbocycles. The van der Waals surface area contributed by atoms with E-state index in [0.717, 1.165) is 0 Å². The van der Waals surface area contributed by atoms with Crippen LogP contribution in [0.1, 0.15) is 10.4 Å². The van der Waals surface area contributed by atoms with Crippen LogP contribution in [0, 0.1) is 10.1 Å². The van der Waals surface area contributed by atoms with E-state index in [1.807, 2.05) is 0 Å². The summed E-state index contributed by atoms with van der Waals surface area (Å²) in [6.45, 7) is 0. The topological polar surface area (TPSA) is 112 Å². The standard InChI is InChI=1S/C17H17N3O6S/c1-24-14-8-12(16(21)26-3)13(9-15(14)25-2)19-17(27)18-10-4-6-11(7-5-10)20(22)23/h4-9H,1-3H3,(H2,18,19,27). The van der Waals surface area contributed by atoms with E-state index in [1.54, 1.807) is 6.07 Å². The molecule has 2 rings (SSSR count). The van der Waals surface area contributed by atoms with Gasteiger partial charge in [0.15, 0.2) is 16.6 Å². The Morgan fingerprint density at radius 2 is 1.63 bits per heavy atom. The molecule has 9 nitrogen and oxygen atoms in total. The van der Waals surface area contributed by atoms with E-state index in [-0.39, 0.29) is 16.4 Å². The van der Waals surface area contributed by atoms with Gasteiger partial charge >= 0.3 is 5.97 Å². The minimum absolute atomic E-state index is 0.0349. The van der Waals surface area contributed by atoms with Gasteiger partial charge in [-0.2, -0.15) is 0 Å². The Morgan fingerprint density at radius 3 is 2.15 bits per heavy atom. The third-order valence-corrected chi connectivity index (χ3v) is 3.72. The zero-order chi connectivity index (χ0) is 20.0. The normalized spacial score (nSPS) is 9.89. The van der Waals surface area contributed by atoms with E-state index in [2.05, 4.69) is 10.6 Å². The summed E-state index contributed by atoms with van der Waals surface area (Å²) in [6.07, 6.45) is 0. The molecule has 10 heteroatoms. The van der Waals surface area contributed by atoms with Gasteiger partial charge in [0.2, 0.25) is 0 Å². The first-order valence-corrected chi connectivity index (χ1v) is 7.97. The summed E-state index contributed by atoms with van der Waals surface area (Å²) in [5, 5.41) is 16.6. The molecule has 0 saturated carbocycles. The van der Waals surface area contributed by atoms with Crippen molar-refractivity contribution in [1.29, 1.82) is 0 Å². The molecule has 2 N–H and O–H groups in total. The van der Waals surface area contributed by atoms with E-state index in [9.17, 15) is 14.9 Å². The predicted octanol–water partition coefficient (Wildman–Crippen LogP) is 3.21. The second-order valence-corrected chi connectivity index (χ2v) is 5.54. The monoisotopic (exact) mass is 391 g/mol. The number of anilines is 2. The third kappa shape index (κ3) is 4.82. The number of nitro benzene ring substituents is 1. The maximum Gasteiger partial charge on any atom is 0.340 e. The number of carbonyl (C=O) groups excluding carboxylic acids is 1. The highest BCUT2D eigenvalue weighted by Crippen LogP contribution is 2.33. The van der Waals surface area contributed by atoms with Crippen LogP contribution in [0.4, 0.5) is 17.1 Å². The van der Waals surface area contributed by atoms with Crippen LogP contribution in [-0.2, 0) is 4.74 Å². The van der Waals surface area contributed by atoms with Crippen LogP contribution >= 0.6 is 12.2 Å². The van der Waals surface area contributed by atoms with Crippen LogP contribution in [0.25, 0.3) is 0 Å². The van der Waals surface area contributed by atoms with Crippen LogP contribution in [0.3, 0.4) is 0 Å². The second-order valence-electron chi connectivity index (χ2n) is 5.13. The lowest BCUT2D eigenvalue weighted by Gasteiger charge is -2.16. The highest BCUT2D eigenvalue weighted by Gasteiger charge is 2.18. The lowest BCUT2D eigenvalue weighted by atomic mass is 10.1. The van der Waals surface area contributed by atoms with Crippen LogP contribution in [0.15, 0.2) is 36.4 Å². The SMILES string of the molecule is COC(=O)c1cc(OC)c(OC)cc1NC(=S)Nc1ccc([N+](=O)[O-])cc1. The van der Waals surface area contributed by atoms with Gasteiger partial charge in [-0.25, -0.2) is 4.79 Å².